The fraction of sp³-hybridized carbons (Fsp3) is 0.417. The van der Waals surface area contributed by atoms with Crippen molar-refractivity contribution >= 4 is 50.7 Å². The van der Waals surface area contributed by atoms with Crippen molar-refractivity contribution in [3.8, 4) is 5.75 Å². The van der Waals surface area contributed by atoms with Crippen LogP contribution in [0.4, 0.5) is 5.69 Å². The van der Waals surface area contributed by atoms with Crippen molar-refractivity contribution in [3.05, 3.63) is 58.1 Å². The van der Waals surface area contributed by atoms with Crippen molar-refractivity contribution in [2.75, 3.05) is 24.2 Å². The Hall–Kier alpha value is -2.49. The van der Waals surface area contributed by atoms with Crippen LogP contribution in [-0.4, -0.2) is 57.1 Å². The third-order valence-corrected chi connectivity index (χ3v) is 7.18. The van der Waals surface area contributed by atoms with Crippen LogP contribution in [0.5, 0.6) is 5.75 Å². The molecule has 8 nitrogen and oxygen atoms in total. The van der Waals surface area contributed by atoms with Crippen molar-refractivity contribution in [1.82, 2.24) is 10.2 Å². The molecule has 2 aromatic carbocycles. The van der Waals surface area contributed by atoms with E-state index in [2.05, 4.69) is 5.32 Å². The van der Waals surface area contributed by atoms with Gasteiger partial charge in [-0.15, -0.1) is 0 Å². The maximum atomic E-state index is 13.6. The summed E-state index contributed by atoms with van der Waals surface area (Å²) in [4.78, 5) is 27.8. The van der Waals surface area contributed by atoms with Crippen LogP contribution in [0.3, 0.4) is 0 Å². The fourth-order valence-electron chi connectivity index (χ4n) is 3.29. The highest BCUT2D eigenvalue weighted by Gasteiger charge is 2.31. The van der Waals surface area contributed by atoms with Crippen LogP contribution < -0.4 is 14.4 Å². The van der Waals surface area contributed by atoms with Crippen LogP contribution in [0.15, 0.2) is 42.5 Å². The molecule has 0 unspecified atom stereocenters. The predicted molar refractivity (Wildman–Crippen MR) is 140 cm³/mol. The molecule has 0 saturated heterocycles. The summed E-state index contributed by atoms with van der Waals surface area (Å²) < 4.78 is 31.4. The van der Waals surface area contributed by atoms with Crippen LogP contribution in [0.1, 0.15) is 32.8 Å². The topological polar surface area (TPSA) is 96.0 Å². The number of ether oxygens (including phenoxy) is 1. The zero-order valence-electron chi connectivity index (χ0n) is 20.4. The van der Waals surface area contributed by atoms with E-state index in [4.69, 9.17) is 27.9 Å². The molecular formula is C24H31Cl2N3O5S. The monoisotopic (exact) mass is 543 g/mol. The summed E-state index contributed by atoms with van der Waals surface area (Å²) in [7, 11) is -2.36. The molecular weight excluding hydrogens is 513 g/mol. The Bertz CT molecular complexity index is 1160. The minimum Gasteiger partial charge on any atom is -0.497 e. The van der Waals surface area contributed by atoms with E-state index in [-0.39, 0.29) is 29.2 Å². The number of halogens is 2. The molecule has 0 radical (unpaired) electrons. The first-order valence-corrected chi connectivity index (χ1v) is 13.6. The minimum atomic E-state index is -3.90. The summed E-state index contributed by atoms with van der Waals surface area (Å²) in [5, 5.41) is 3.29. The summed E-state index contributed by atoms with van der Waals surface area (Å²) >= 11 is 12.2. The highest BCUT2D eigenvalue weighted by molar-refractivity contribution is 7.92. The van der Waals surface area contributed by atoms with E-state index in [1.807, 2.05) is 13.8 Å². The van der Waals surface area contributed by atoms with Crippen LogP contribution in [0, 0.1) is 0 Å². The fourth-order valence-corrected chi connectivity index (χ4v) is 4.72. The number of nitrogens with zero attached hydrogens (tertiary/aromatic N) is 2. The SMILES string of the molecule is CC[C@H](C)NC(=O)[C@@H](C)N(Cc1cccc(OC)c1)C(=O)CN(c1ccc(Cl)cc1Cl)S(C)(=O)=O. The zero-order chi connectivity index (χ0) is 26.3. The number of rotatable bonds is 11. The number of nitrogens with one attached hydrogen (secondary N) is 1. The van der Waals surface area contributed by atoms with Gasteiger partial charge in [0.15, 0.2) is 0 Å². The molecule has 11 heteroatoms. The number of hydrogen-bond acceptors (Lipinski definition) is 5. The maximum Gasteiger partial charge on any atom is 0.244 e. The van der Waals surface area contributed by atoms with E-state index in [0.29, 0.717) is 10.8 Å². The number of carbonyl (C=O) groups is 2. The minimum absolute atomic E-state index is 0.0665. The number of benzene rings is 2. The number of amides is 2. The van der Waals surface area contributed by atoms with Crippen LogP contribution in [-0.2, 0) is 26.2 Å². The van der Waals surface area contributed by atoms with Gasteiger partial charge in [0.1, 0.15) is 18.3 Å². The lowest BCUT2D eigenvalue weighted by molar-refractivity contribution is -0.139. The van der Waals surface area contributed by atoms with Gasteiger partial charge in [-0.3, -0.25) is 13.9 Å². The van der Waals surface area contributed by atoms with Gasteiger partial charge in [-0.25, -0.2) is 8.42 Å². The van der Waals surface area contributed by atoms with Crippen LogP contribution >= 0.6 is 23.2 Å². The van der Waals surface area contributed by atoms with Crippen LogP contribution in [0.2, 0.25) is 10.0 Å². The Morgan fingerprint density at radius 1 is 1.11 bits per heavy atom. The molecule has 0 spiro atoms. The van der Waals surface area contributed by atoms with Crippen molar-refractivity contribution in [3.63, 3.8) is 0 Å². The van der Waals surface area contributed by atoms with E-state index < -0.39 is 28.5 Å². The normalized spacial score (nSPS) is 13.0. The lowest BCUT2D eigenvalue weighted by Gasteiger charge is -2.32. The Morgan fingerprint density at radius 3 is 2.37 bits per heavy atom. The van der Waals surface area contributed by atoms with Crippen molar-refractivity contribution in [1.29, 1.82) is 0 Å². The molecule has 0 aliphatic carbocycles. The van der Waals surface area contributed by atoms with Gasteiger partial charge in [0.2, 0.25) is 21.8 Å². The molecule has 0 heterocycles. The van der Waals surface area contributed by atoms with E-state index in [0.717, 1.165) is 22.5 Å². The second-order valence-corrected chi connectivity index (χ2v) is 11.0. The van der Waals surface area contributed by atoms with E-state index in [9.17, 15) is 18.0 Å². The van der Waals surface area contributed by atoms with Gasteiger partial charge >= 0.3 is 0 Å². The zero-order valence-corrected chi connectivity index (χ0v) is 22.7. The second-order valence-electron chi connectivity index (χ2n) is 8.23. The van der Waals surface area contributed by atoms with Crippen molar-refractivity contribution in [2.45, 2.75) is 45.8 Å². The molecule has 2 amide bonds. The number of sulfonamides is 1. The first-order valence-electron chi connectivity index (χ1n) is 11.0. The van der Waals surface area contributed by atoms with E-state index in [1.54, 1.807) is 31.2 Å². The first kappa shape index (κ1) is 28.7. The lowest BCUT2D eigenvalue weighted by atomic mass is 10.1. The number of anilines is 1. The molecule has 0 fully saturated rings. The molecule has 0 aliphatic heterocycles. The summed E-state index contributed by atoms with van der Waals surface area (Å²) in [6.07, 6.45) is 1.70. The first-order chi connectivity index (χ1) is 16.4. The largest absolute Gasteiger partial charge is 0.497 e. The summed E-state index contributed by atoms with van der Waals surface area (Å²) in [5.41, 5.74) is 0.835. The lowest BCUT2D eigenvalue weighted by Crippen LogP contribution is -2.52. The van der Waals surface area contributed by atoms with Gasteiger partial charge < -0.3 is 15.0 Å². The molecule has 2 rings (SSSR count). The number of hydrogen-bond donors (Lipinski definition) is 1. The number of methoxy groups -OCH3 is 1. The Labute approximate surface area is 217 Å². The molecule has 2 atom stereocenters. The summed E-state index contributed by atoms with van der Waals surface area (Å²) in [6.45, 7) is 4.93. The summed E-state index contributed by atoms with van der Waals surface area (Å²) in [6, 6.07) is 10.5. The quantitative estimate of drug-likeness (QED) is 0.460. The summed E-state index contributed by atoms with van der Waals surface area (Å²) in [5.74, 6) is -0.320. The van der Waals surface area contributed by atoms with E-state index >= 15 is 0 Å². The average molecular weight is 545 g/mol. The molecule has 0 bridgehead atoms. The standard InChI is InChI=1S/C24H31Cl2N3O5S/c1-6-16(2)27-24(31)17(3)28(14-18-8-7-9-20(12-18)34-4)23(30)15-29(35(5,32)33)22-11-10-19(25)13-21(22)26/h7-13,16-17H,6,14-15H2,1-5H3,(H,27,31)/t16-,17+/m0/s1. The van der Waals surface area contributed by atoms with Crippen molar-refractivity contribution < 1.29 is 22.7 Å². The molecule has 0 saturated carbocycles. The Kier molecular flexibility index (Phi) is 10.2. The molecule has 192 valence electrons. The smallest absolute Gasteiger partial charge is 0.244 e. The van der Waals surface area contributed by atoms with Gasteiger partial charge in [-0.1, -0.05) is 42.3 Å². The van der Waals surface area contributed by atoms with Gasteiger partial charge in [-0.05, 0) is 56.2 Å². The second kappa shape index (κ2) is 12.5. The number of carbonyl (C=O) groups excluding carboxylic acids is 2. The predicted octanol–water partition coefficient (Wildman–Crippen LogP) is 4.10. The van der Waals surface area contributed by atoms with Gasteiger partial charge in [0, 0.05) is 17.6 Å². The van der Waals surface area contributed by atoms with Crippen molar-refractivity contribution in [2.24, 2.45) is 0 Å². The molecule has 1 N–H and O–H groups in total. The maximum absolute atomic E-state index is 13.6. The molecule has 35 heavy (non-hydrogen) atoms. The third kappa shape index (κ3) is 8.02. The Balaban J connectivity index is 2.43. The van der Waals surface area contributed by atoms with Gasteiger partial charge in [0.05, 0.1) is 24.1 Å². The van der Waals surface area contributed by atoms with Gasteiger partial charge in [-0.2, -0.15) is 0 Å². The highest BCUT2D eigenvalue weighted by Crippen LogP contribution is 2.30. The third-order valence-electron chi connectivity index (χ3n) is 5.51. The van der Waals surface area contributed by atoms with E-state index in [1.165, 1.54) is 30.2 Å². The highest BCUT2D eigenvalue weighted by atomic mass is 35.5. The Morgan fingerprint density at radius 2 is 1.80 bits per heavy atom. The average Bonchev–Trinajstić information content (AvgIpc) is 2.80. The molecule has 0 aliphatic rings. The molecule has 2 aromatic rings. The van der Waals surface area contributed by atoms with Gasteiger partial charge in [0.25, 0.3) is 0 Å². The van der Waals surface area contributed by atoms with Crippen LogP contribution in [0.25, 0.3) is 0 Å². The molecule has 0 aromatic heterocycles.